The third-order valence-electron chi connectivity index (χ3n) is 2.64. The lowest BCUT2D eigenvalue weighted by Gasteiger charge is -2.41. The molecule has 1 nitrogen and oxygen atoms in total. The number of nitrogens with zero attached hydrogens (tertiary/aromatic N) is 1. The maximum absolute atomic E-state index is 13.2. The Morgan fingerprint density at radius 3 is 2.00 bits per heavy atom. The third-order valence-corrected chi connectivity index (χ3v) is 2.64. The van der Waals surface area contributed by atoms with Gasteiger partial charge < -0.3 is 0 Å². The first kappa shape index (κ1) is 9.97. The van der Waals surface area contributed by atoms with E-state index in [0.717, 1.165) is 0 Å². The molecule has 1 aliphatic heterocycles. The highest BCUT2D eigenvalue weighted by molar-refractivity contribution is 4.98. The Hall–Kier alpha value is -0.110. The van der Waals surface area contributed by atoms with Gasteiger partial charge in [0.25, 0.3) is 0 Å². The average Bonchev–Trinajstić information content (AvgIpc) is 2.02. The molecular weight excluding hydrogens is 153 g/mol. The molecule has 1 aliphatic rings. The van der Waals surface area contributed by atoms with Crippen LogP contribution in [0.2, 0.25) is 0 Å². The second-order valence-electron chi connectivity index (χ2n) is 5.40. The molecule has 1 saturated heterocycles. The van der Waals surface area contributed by atoms with Gasteiger partial charge in [0.05, 0.1) is 0 Å². The van der Waals surface area contributed by atoms with Gasteiger partial charge in [0, 0.05) is 17.6 Å². The van der Waals surface area contributed by atoms with Crippen LogP contribution in [0, 0.1) is 0 Å². The van der Waals surface area contributed by atoms with Gasteiger partial charge in [-0.2, -0.15) is 0 Å². The Labute approximate surface area is 74.9 Å². The average molecular weight is 173 g/mol. The van der Waals surface area contributed by atoms with E-state index in [0.29, 0.717) is 13.0 Å². The van der Waals surface area contributed by atoms with Crippen LogP contribution >= 0.6 is 0 Å². The summed E-state index contributed by atoms with van der Waals surface area (Å²) in [5.74, 6) is 0. The molecule has 1 atom stereocenters. The molecule has 1 fully saturated rings. The molecule has 0 unspecified atom stereocenters. The molecule has 1 heterocycles. The summed E-state index contributed by atoms with van der Waals surface area (Å²) in [6.45, 7) is 11.3. The zero-order valence-corrected chi connectivity index (χ0v) is 8.82. The van der Waals surface area contributed by atoms with Gasteiger partial charge >= 0.3 is 0 Å². The van der Waals surface area contributed by atoms with E-state index in [1.165, 1.54) is 0 Å². The van der Waals surface area contributed by atoms with Gasteiger partial charge in [-0.25, -0.2) is 4.39 Å². The van der Waals surface area contributed by atoms with Gasteiger partial charge in [-0.1, -0.05) is 0 Å². The second-order valence-corrected chi connectivity index (χ2v) is 5.40. The Kier molecular flexibility index (Phi) is 2.24. The largest absolute Gasteiger partial charge is 0.290 e. The van der Waals surface area contributed by atoms with Crippen molar-refractivity contribution in [2.75, 3.05) is 6.54 Å². The highest BCUT2D eigenvalue weighted by Crippen LogP contribution is 2.35. The lowest BCUT2D eigenvalue weighted by Crippen LogP contribution is -2.50. The lowest BCUT2D eigenvalue weighted by molar-refractivity contribution is 0.0664. The van der Waals surface area contributed by atoms with Crippen molar-refractivity contribution >= 4 is 0 Å². The molecule has 0 radical (unpaired) electrons. The summed E-state index contributed by atoms with van der Waals surface area (Å²) in [7, 11) is 0. The molecule has 0 N–H and O–H groups in total. The first-order valence-electron chi connectivity index (χ1n) is 4.65. The van der Waals surface area contributed by atoms with Crippen LogP contribution < -0.4 is 0 Å². The Morgan fingerprint density at radius 1 is 1.33 bits per heavy atom. The molecule has 2 heteroatoms. The van der Waals surface area contributed by atoms with Crippen LogP contribution in [0.5, 0.6) is 0 Å². The number of likely N-dealkylation sites (tertiary alicyclic amines) is 1. The van der Waals surface area contributed by atoms with E-state index in [-0.39, 0.29) is 11.1 Å². The van der Waals surface area contributed by atoms with Gasteiger partial charge in [-0.15, -0.1) is 0 Å². The summed E-state index contributed by atoms with van der Waals surface area (Å²) in [4.78, 5) is 2.25. The number of hydrogen-bond acceptors (Lipinski definition) is 1. The van der Waals surface area contributed by atoms with E-state index < -0.39 is 6.17 Å². The molecule has 0 aromatic heterocycles. The summed E-state index contributed by atoms with van der Waals surface area (Å²) >= 11 is 0. The monoisotopic (exact) mass is 173 g/mol. The second kappa shape index (κ2) is 2.69. The van der Waals surface area contributed by atoms with Gasteiger partial charge in [-0.3, -0.25) is 4.90 Å². The van der Waals surface area contributed by atoms with Crippen LogP contribution in [0.15, 0.2) is 0 Å². The quantitative estimate of drug-likeness (QED) is 0.544. The summed E-state index contributed by atoms with van der Waals surface area (Å²) in [5, 5.41) is 0. The van der Waals surface area contributed by atoms with Crippen molar-refractivity contribution in [1.82, 2.24) is 4.90 Å². The van der Waals surface area contributed by atoms with Gasteiger partial charge in [0.2, 0.25) is 0 Å². The molecule has 0 saturated carbocycles. The Morgan fingerprint density at radius 2 is 1.83 bits per heavy atom. The number of alkyl halides is 1. The highest BCUT2D eigenvalue weighted by atomic mass is 19.1. The maximum Gasteiger partial charge on any atom is 0.115 e. The van der Waals surface area contributed by atoms with Gasteiger partial charge in [0.15, 0.2) is 0 Å². The van der Waals surface area contributed by atoms with Crippen molar-refractivity contribution in [3.05, 3.63) is 0 Å². The van der Waals surface area contributed by atoms with Crippen molar-refractivity contribution < 1.29 is 4.39 Å². The minimum absolute atomic E-state index is 0.0255. The number of rotatable bonds is 0. The van der Waals surface area contributed by atoms with E-state index >= 15 is 0 Å². The minimum atomic E-state index is -0.640. The molecule has 72 valence electrons. The van der Waals surface area contributed by atoms with Crippen molar-refractivity contribution in [2.24, 2.45) is 0 Å². The fraction of sp³-hybridized carbons (Fsp3) is 1.00. The molecule has 0 amide bonds. The Balaban J connectivity index is 2.79. The van der Waals surface area contributed by atoms with Crippen molar-refractivity contribution in [1.29, 1.82) is 0 Å². The van der Waals surface area contributed by atoms with E-state index in [4.69, 9.17) is 0 Å². The summed E-state index contributed by atoms with van der Waals surface area (Å²) in [6, 6.07) is 0. The molecule has 0 aliphatic carbocycles. The summed E-state index contributed by atoms with van der Waals surface area (Å²) in [5.41, 5.74) is 0.113. The van der Waals surface area contributed by atoms with Crippen LogP contribution in [0.3, 0.4) is 0 Å². The fourth-order valence-electron chi connectivity index (χ4n) is 2.34. The molecule has 1 rings (SSSR count). The van der Waals surface area contributed by atoms with Crippen molar-refractivity contribution in [2.45, 2.75) is 58.3 Å². The standard InChI is InChI=1S/C10H20FN/c1-9(2,3)12-7-8(11)6-10(12,4)5/h8H,6-7H2,1-5H3/t8-/m1/s1. The number of hydrogen-bond donors (Lipinski definition) is 0. The third kappa shape index (κ3) is 1.79. The smallest absolute Gasteiger partial charge is 0.115 e. The topological polar surface area (TPSA) is 3.24 Å². The molecule has 0 spiro atoms. The zero-order chi connectivity index (χ0) is 9.57. The van der Waals surface area contributed by atoms with Gasteiger partial charge in [-0.05, 0) is 41.0 Å². The van der Waals surface area contributed by atoms with Crippen LogP contribution in [-0.4, -0.2) is 28.7 Å². The highest BCUT2D eigenvalue weighted by Gasteiger charge is 2.43. The van der Waals surface area contributed by atoms with Crippen molar-refractivity contribution in [3.63, 3.8) is 0 Å². The maximum atomic E-state index is 13.2. The molecule has 0 bridgehead atoms. The van der Waals surface area contributed by atoms with Crippen LogP contribution in [0.1, 0.15) is 41.0 Å². The molecular formula is C10H20FN. The zero-order valence-electron chi connectivity index (χ0n) is 8.82. The molecule has 0 aromatic carbocycles. The van der Waals surface area contributed by atoms with Crippen molar-refractivity contribution in [3.8, 4) is 0 Å². The van der Waals surface area contributed by atoms with Crippen LogP contribution in [0.25, 0.3) is 0 Å². The number of halogens is 1. The molecule has 0 aromatic rings. The predicted octanol–water partition coefficient (Wildman–Crippen LogP) is 2.61. The van der Waals surface area contributed by atoms with E-state index in [9.17, 15) is 4.39 Å². The fourth-order valence-corrected chi connectivity index (χ4v) is 2.34. The SMILES string of the molecule is CC(C)(C)N1C[C@H](F)CC1(C)C. The molecule has 12 heavy (non-hydrogen) atoms. The van der Waals surface area contributed by atoms with Crippen LogP contribution in [0.4, 0.5) is 4.39 Å². The lowest BCUT2D eigenvalue weighted by atomic mass is 9.96. The van der Waals surface area contributed by atoms with E-state index in [1.54, 1.807) is 0 Å². The predicted molar refractivity (Wildman–Crippen MR) is 50.1 cm³/mol. The van der Waals surface area contributed by atoms with Crippen LogP contribution in [-0.2, 0) is 0 Å². The first-order valence-corrected chi connectivity index (χ1v) is 4.65. The first-order chi connectivity index (χ1) is 5.23. The van der Waals surface area contributed by atoms with E-state index in [2.05, 4.69) is 39.5 Å². The minimum Gasteiger partial charge on any atom is -0.290 e. The van der Waals surface area contributed by atoms with E-state index in [1.807, 2.05) is 0 Å². The Bertz CT molecular complexity index is 169. The summed E-state index contributed by atoms with van der Waals surface area (Å²) in [6.07, 6.45) is 0.0313. The normalized spacial score (nSPS) is 31.0. The van der Waals surface area contributed by atoms with Gasteiger partial charge in [0.1, 0.15) is 6.17 Å². The summed E-state index contributed by atoms with van der Waals surface area (Å²) < 4.78 is 13.2.